The molecule has 0 radical (unpaired) electrons. The standard InChI is InChI=1S/C35H46O10/c1-19(12-22-13-25(36-4)33(42-10)26(14-22)37-5)44-35-29(40-8)17-24(18-30(35)41-9)32-21(3)20(2)31(45-32)23-15-27(38-6)34(43-11)28(16-23)39-7/h13-21,31-32H,12H2,1-11H3/t19?,20-,21+,31-,32+/m1/s1. The van der Waals surface area contributed by atoms with Gasteiger partial charge in [-0.1, -0.05) is 13.8 Å². The van der Waals surface area contributed by atoms with Gasteiger partial charge in [-0.05, 0) is 71.8 Å². The van der Waals surface area contributed by atoms with Gasteiger partial charge in [0.1, 0.15) is 6.10 Å². The number of hydrogen-bond donors (Lipinski definition) is 0. The molecule has 1 aliphatic heterocycles. The monoisotopic (exact) mass is 626 g/mol. The van der Waals surface area contributed by atoms with E-state index in [1.807, 2.05) is 43.3 Å². The van der Waals surface area contributed by atoms with E-state index in [1.54, 1.807) is 56.9 Å². The number of rotatable bonds is 14. The molecular weight excluding hydrogens is 580 g/mol. The second kappa shape index (κ2) is 14.7. The van der Waals surface area contributed by atoms with Crippen molar-refractivity contribution in [3.63, 3.8) is 0 Å². The van der Waals surface area contributed by atoms with Gasteiger partial charge >= 0.3 is 0 Å². The topological polar surface area (TPSA) is 92.3 Å². The molecule has 0 aromatic heterocycles. The maximum Gasteiger partial charge on any atom is 0.203 e. The molecule has 0 bridgehead atoms. The third kappa shape index (κ3) is 6.76. The van der Waals surface area contributed by atoms with Crippen molar-refractivity contribution in [3.8, 4) is 51.7 Å². The predicted molar refractivity (Wildman–Crippen MR) is 170 cm³/mol. The van der Waals surface area contributed by atoms with Crippen LogP contribution in [-0.2, 0) is 11.2 Å². The molecule has 0 saturated carbocycles. The van der Waals surface area contributed by atoms with Gasteiger partial charge in [0.2, 0.25) is 17.2 Å². The SMILES string of the molecule is COc1cc(CC(C)Oc2c(OC)cc([C@H]3O[C@@H](c4cc(OC)c(OC)c(OC)c4)[C@H](C)[C@@H]3C)cc2OC)cc(OC)c1OC. The molecule has 5 atom stereocenters. The Bertz CT molecular complexity index is 1380. The van der Waals surface area contributed by atoms with Crippen molar-refractivity contribution < 1.29 is 47.4 Å². The number of methoxy groups -OCH3 is 8. The fourth-order valence-corrected chi connectivity index (χ4v) is 6.00. The first-order valence-electron chi connectivity index (χ1n) is 14.8. The van der Waals surface area contributed by atoms with Crippen molar-refractivity contribution in [3.05, 3.63) is 53.1 Å². The summed E-state index contributed by atoms with van der Waals surface area (Å²) in [5.41, 5.74) is 2.85. The second-order valence-corrected chi connectivity index (χ2v) is 11.1. The highest BCUT2D eigenvalue weighted by molar-refractivity contribution is 5.57. The zero-order chi connectivity index (χ0) is 32.8. The van der Waals surface area contributed by atoms with Crippen LogP contribution in [0.15, 0.2) is 36.4 Å². The summed E-state index contributed by atoms with van der Waals surface area (Å²) in [5, 5.41) is 0. The molecule has 3 aromatic rings. The van der Waals surface area contributed by atoms with Gasteiger partial charge in [-0.3, -0.25) is 0 Å². The first-order valence-corrected chi connectivity index (χ1v) is 14.8. The molecule has 246 valence electrons. The lowest BCUT2D eigenvalue weighted by atomic mass is 9.85. The van der Waals surface area contributed by atoms with Gasteiger partial charge in [0.15, 0.2) is 34.5 Å². The largest absolute Gasteiger partial charge is 0.493 e. The average Bonchev–Trinajstić information content (AvgIpc) is 3.36. The molecule has 1 aliphatic rings. The van der Waals surface area contributed by atoms with Crippen molar-refractivity contribution in [1.82, 2.24) is 0 Å². The number of hydrogen-bond acceptors (Lipinski definition) is 10. The molecule has 10 heteroatoms. The third-order valence-corrected chi connectivity index (χ3v) is 8.47. The molecule has 1 fully saturated rings. The first-order chi connectivity index (χ1) is 21.7. The van der Waals surface area contributed by atoms with E-state index in [4.69, 9.17) is 47.4 Å². The van der Waals surface area contributed by atoms with E-state index in [9.17, 15) is 0 Å². The lowest BCUT2D eigenvalue weighted by molar-refractivity contribution is 0.0285. The van der Waals surface area contributed by atoms with E-state index in [2.05, 4.69) is 13.8 Å². The number of benzene rings is 3. The predicted octanol–water partition coefficient (Wildman–Crippen LogP) is 6.85. The van der Waals surface area contributed by atoms with Crippen molar-refractivity contribution in [2.24, 2.45) is 11.8 Å². The maximum absolute atomic E-state index is 6.75. The van der Waals surface area contributed by atoms with Gasteiger partial charge in [-0.2, -0.15) is 0 Å². The summed E-state index contributed by atoms with van der Waals surface area (Å²) in [7, 11) is 12.8. The van der Waals surface area contributed by atoms with Crippen LogP contribution in [-0.4, -0.2) is 63.0 Å². The Morgan fingerprint density at radius 1 is 0.511 bits per heavy atom. The zero-order valence-electron chi connectivity index (χ0n) is 28.1. The van der Waals surface area contributed by atoms with E-state index >= 15 is 0 Å². The summed E-state index contributed by atoms with van der Waals surface area (Å²) >= 11 is 0. The minimum Gasteiger partial charge on any atom is -0.493 e. The molecule has 0 aliphatic carbocycles. The lowest BCUT2D eigenvalue weighted by Crippen LogP contribution is -2.17. The molecule has 1 saturated heterocycles. The molecule has 0 spiro atoms. The molecule has 4 rings (SSSR count). The summed E-state index contributed by atoms with van der Waals surface area (Å²) in [6, 6.07) is 11.7. The smallest absolute Gasteiger partial charge is 0.203 e. The van der Waals surface area contributed by atoms with E-state index in [-0.39, 0.29) is 30.1 Å². The Labute approximate surface area is 266 Å². The van der Waals surface area contributed by atoms with E-state index in [0.29, 0.717) is 58.2 Å². The van der Waals surface area contributed by atoms with Crippen LogP contribution in [0.5, 0.6) is 51.7 Å². The van der Waals surface area contributed by atoms with Crippen LogP contribution >= 0.6 is 0 Å². The van der Waals surface area contributed by atoms with Crippen LogP contribution < -0.4 is 42.6 Å². The zero-order valence-corrected chi connectivity index (χ0v) is 28.1. The molecule has 1 heterocycles. The van der Waals surface area contributed by atoms with Crippen LogP contribution in [0.3, 0.4) is 0 Å². The van der Waals surface area contributed by atoms with Gasteiger partial charge in [-0.25, -0.2) is 0 Å². The Hall–Kier alpha value is -4.18. The maximum atomic E-state index is 6.75. The Morgan fingerprint density at radius 2 is 0.844 bits per heavy atom. The summed E-state index contributed by atoms with van der Waals surface area (Å²) in [6.45, 7) is 6.37. The highest BCUT2D eigenvalue weighted by Gasteiger charge is 2.42. The average molecular weight is 627 g/mol. The molecule has 3 aromatic carbocycles. The quantitative estimate of drug-likeness (QED) is 0.189. The molecule has 1 unspecified atom stereocenters. The van der Waals surface area contributed by atoms with Crippen molar-refractivity contribution in [2.75, 3.05) is 56.9 Å². The summed E-state index contributed by atoms with van der Waals surface area (Å²) in [6.07, 6.45) is -0.100. The summed E-state index contributed by atoms with van der Waals surface area (Å²) in [5.74, 6) is 5.42. The van der Waals surface area contributed by atoms with Crippen molar-refractivity contribution >= 4 is 0 Å². The van der Waals surface area contributed by atoms with Crippen LogP contribution in [0.4, 0.5) is 0 Å². The van der Waals surface area contributed by atoms with Crippen LogP contribution in [0, 0.1) is 11.8 Å². The van der Waals surface area contributed by atoms with Gasteiger partial charge in [0.05, 0.1) is 69.1 Å². The molecular formula is C35H46O10. The molecule has 0 N–H and O–H groups in total. The van der Waals surface area contributed by atoms with Crippen molar-refractivity contribution in [2.45, 2.75) is 45.5 Å². The molecule has 10 nitrogen and oxygen atoms in total. The fraction of sp³-hybridized carbons (Fsp3) is 0.486. The van der Waals surface area contributed by atoms with E-state index in [1.165, 1.54) is 0 Å². The third-order valence-electron chi connectivity index (χ3n) is 8.47. The first kappa shape index (κ1) is 33.7. The van der Waals surface area contributed by atoms with Gasteiger partial charge in [0.25, 0.3) is 0 Å². The summed E-state index contributed by atoms with van der Waals surface area (Å²) < 4.78 is 58.1. The second-order valence-electron chi connectivity index (χ2n) is 11.1. The molecule has 45 heavy (non-hydrogen) atoms. The van der Waals surface area contributed by atoms with E-state index < -0.39 is 0 Å². The Kier molecular flexibility index (Phi) is 11.0. The van der Waals surface area contributed by atoms with Crippen molar-refractivity contribution in [1.29, 1.82) is 0 Å². The minimum atomic E-state index is -0.243. The Morgan fingerprint density at radius 3 is 1.18 bits per heavy atom. The van der Waals surface area contributed by atoms with Gasteiger partial charge < -0.3 is 47.4 Å². The van der Waals surface area contributed by atoms with Crippen LogP contribution in [0.25, 0.3) is 0 Å². The Balaban J connectivity index is 1.61. The van der Waals surface area contributed by atoms with Crippen LogP contribution in [0.2, 0.25) is 0 Å². The molecule has 0 amide bonds. The summed E-state index contributed by atoms with van der Waals surface area (Å²) in [4.78, 5) is 0. The minimum absolute atomic E-state index is 0.175. The lowest BCUT2D eigenvalue weighted by Gasteiger charge is -2.23. The number of ether oxygens (including phenoxy) is 10. The van der Waals surface area contributed by atoms with Gasteiger partial charge in [-0.15, -0.1) is 0 Å². The van der Waals surface area contributed by atoms with E-state index in [0.717, 1.165) is 16.7 Å². The fourth-order valence-electron chi connectivity index (χ4n) is 6.00. The van der Waals surface area contributed by atoms with Gasteiger partial charge in [0, 0.05) is 6.42 Å². The normalized spacial score (nSPS) is 19.8. The highest BCUT2D eigenvalue weighted by Crippen LogP contribution is 2.53. The van der Waals surface area contributed by atoms with Crippen LogP contribution in [0.1, 0.15) is 49.7 Å². The highest BCUT2D eigenvalue weighted by atomic mass is 16.6.